The minimum atomic E-state index is -0.693. The number of nitrogens with one attached hydrogen (secondary N) is 1. The second kappa shape index (κ2) is 7.31. The van der Waals surface area contributed by atoms with E-state index in [0.717, 1.165) is 10.0 Å². The summed E-state index contributed by atoms with van der Waals surface area (Å²) in [5.41, 5.74) is 1.80. The molecule has 2 N–H and O–H groups in total. The Morgan fingerprint density at radius 3 is 2.33 bits per heavy atom. The number of hydrogen-bond acceptors (Lipinski definition) is 4. The van der Waals surface area contributed by atoms with Gasteiger partial charge in [-0.2, -0.15) is 0 Å². The molecule has 0 saturated carbocycles. The van der Waals surface area contributed by atoms with Crippen molar-refractivity contribution in [2.45, 2.75) is 12.6 Å². The van der Waals surface area contributed by atoms with Crippen LogP contribution in [0.1, 0.15) is 17.2 Å². The molecular formula is C15H15BrN2O3. The number of nitro benzene ring substituents is 1. The Morgan fingerprint density at radius 1 is 1.14 bits per heavy atom. The molecule has 0 aromatic heterocycles. The molecule has 2 aromatic rings. The molecule has 0 aliphatic carbocycles. The molecule has 0 amide bonds. The fourth-order valence-corrected chi connectivity index (χ4v) is 2.16. The number of nitro groups is 1. The van der Waals surface area contributed by atoms with Gasteiger partial charge >= 0.3 is 0 Å². The van der Waals surface area contributed by atoms with Gasteiger partial charge in [0.2, 0.25) is 0 Å². The van der Waals surface area contributed by atoms with Crippen LogP contribution in [0.4, 0.5) is 5.69 Å². The number of aliphatic hydroxyl groups is 1. The number of halogens is 1. The first-order chi connectivity index (χ1) is 10.1. The van der Waals surface area contributed by atoms with Crippen molar-refractivity contribution in [3.8, 4) is 0 Å². The van der Waals surface area contributed by atoms with Crippen LogP contribution in [0.2, 0.25) is 0 Å². The van der Waals surface area contributed by atoms with Gasteiger partial charge < -0.3 is 10.4 Å². The third-order valence-electron chi connectivity index (χ3n) is 3.07. The van der Waals surface area contributed by atoms with Crippen LogP contribution in [0.3, 0.4) is 0 Å². The highest BCUT2D eigenvalue weighted by Crippen LogP contribution is 2.17. The zero-order valence-electron chi connectivity index (χ0n) is 11.2. The first-order valence-corrected chi connectivity index (χ1v) is 7.23. The number of benzene rings is 2. The van der Waals surface area contributed by atoms with Crippen molar-refractivity contribution in [3.05, 3.63) is 74.2 Å². The molecule has 2 aromatic carbocycles. The minimum Gasteiger partial charge on any atom is -0.387 e. The van der Waals surface area contributed by atoms with Gasteiger partial charge in [-0.3, -0.25) is 10.1 Å². The monoisotopic (exact) mass is 350 g/mol. The van der Waals surface area contributed by atoms with Gasteiger partial charge in [0.25, 0.3) is 5.69 Å². The molecule has 0 fully saturated rings. The van der Waals surface area contributed by atoms with E-state index in [1.165, 1.54) is 12.1 Å². The molecule has 5 nitrogen and oxygen atoms in total. The van der Waals surface area contributed by atoms with Gasteiger partial charge in [0.15, 0.2) is 0 Å². The number of nitrogens with zero attached hydrogens (tertiary/aromatic N) is 1. The molecule has 6 heteroatoms. The zero-order chi connectivity index (χ0) is 15.2. The molecule has 110 valence electrons. The largest absolute Gasteiger partial charge is 0.387 e. The maximum absolute atomic E-state index is 10.6. The van der Waals surface area contributed by atoms with E-state index in [1.54, 1.807) is 12.1 Å². The summed E-state index contributed by atoms with van der Waals surface area (Å²) < 4.78 is 1.03. The van der Waals surface area contributed by atoms with Crippen LogP contribution in [0, 0.1) is 10.1 Å². The van der Waals surface area contributed by atoms with Gasteiger partial charge in [-0.15, -0.1) is 0 Å². The number of aliphatic hydroxyl groups excluding tert-OH is 1. The fourth-order valence-electron chi connectivity index (χ4n) is 1.89. The lowest BCUT2D eigenvalue weighted by atomic mass is 10.1. The van der Waals surface area contributed by atoms with Crippen LogP contribution < -0.4 is 5.32 Å². The molecule has 0 radical (unpaired) electrons. The third kappa shape index (κ3) is 4.63. The van der Waals surface area contributed by atoms with Crippen molar-refractivity contribution in [1.29, 1.82) is 0 Å². The van der Waals surface area contributed by atoms with Crippen LogP contribution in [0.15, 0.2) is 53.0 Å². The van der Waals surface area contributed by atoms with Crippen molar-refractivity contribution in [1.82, 2.24) is 5.32 Å². The predicted octanol–water partition coefficient (Wildman–Crippen LogP) is 3.18. The molecule has 21 heavy (non-hydrogen) atoms. The second-order valence-corrected chi connectivity index (χ2v) is 5.54. The smallest absolute Gasteiger partial charge is 0.269 e. The number of rotatable bonds is 6. The summed E-state index contributed by atoms with van der Waals surface area (Å²) >= 11 is 3.38. The highest BCUT2D eigenvalue weighted by molar-refractivity contribution is 9.10. The van der Waals surface area contributed by atoms with E-state index < -0.39 is 11.0 Å². The summed E-state index contributed by atoms with van der Waals surface area (Å²) in [5.74, 6) is 0. The maximum atomic E-state index is 10.6. The molecule has 0 spiro atoms. The normalized spacial score (nSPS) is 12.1. The Morgan fingerprint density at radius 2 is 1.76 bits per heavy atom. The van der Waals surface area contributed by atoms with E-state index in [0.29, 0.717) is 18.7 Å². The van der Waals surface area contributed by atoms with E-state index in [1.807, 2.05) is 24.3 Å². The van der Waals surface area contributed by atoms with Gasteiger partial charge in [0.1, 0.15) is 0 Å². The molecular weight excluding hydrogens is 336 g/mol. The van der Waals surface area contributed by atoms with Gasteiger partial charge in [-0.25, -0.2) is 0 Å². The van der Waals surface area contributed by atoms with Crippen molar-refractivity contribution in [2.75, 3.05) is 6.54 Å². The lowest BCUT2D eigenvalue weighted by Gasteiger charge is -2.12. The van der Waals surface area contributed by atoms with Gasteiger partial charge in [-0.1, -0.05) is 28.1 Å². The molecule has 0 heterocycles. The van der Waals surface area contributed by atoms with E-state index in [2.05, 4.69) is 21.2 Å². The summed E-state index contributed by atoms with van der Waals surface area (Å²) in [4.78, 5) is 10.1. The van der Waals surface area contributed by atoms with Crippen molar-refractivity contribution in [3.63, 3.8) is 0 Å². The van der Waals surface area contributed by atoms with E-state index >= 15 is 0 Å². The van der Waals surface area contributed by atoms with Gasteiger partial charge in [0.05, 0.1) is 11.0 Å². The summed E-state index contributed by atoms with van der Waals surface area (Å²) in [6.07, 6.45) is -0.693. The van der Waals surface area contributed by atoms with Crippen LogP contribution in [-0.4, -0.2) is 16.6 Å². The summed E-state index contributed by atoms with van der Waals surface area (Å²) in [6, 6.07) is 13.9. The molecule has 0 aliphatic rings. The summed E-state index contributed by atoms with van der Waals surface area (Å²) in [7, 11) is 0. The van der Waals surface area contributed by atoms with Crippen LogP contribution in [-0.2, 0) is 6.54 Å². The van der Waals surface area contributed by atoms with E-state index in [-0.39, 0.29) is 5.69 Å². The highest BCUT2D eigenvalue weighted by Gasteiger charge is 2.10. The molecule has 1 unspecified atom stereocenters. The average molecular weight is 351 g/mol. The van der Waals surface area contributed by atoms with E-state index in [4.69, 9.17) is 0 Å². The molecule has 2 rings (SSSR count). The lowest BCUT2D eigenvalue weighted by Crippen LogP contribution is -2.21. The maximum Gasteiger partial charge on any atom is 0.269 e. The molecule has 1 atom stereocenters. The summed E-state index contributed by atoms with van der Waals surface area (Å²) in [5, 5.41) is 23.8. The SMILES string of the molecule is O=[N+]([O-])c1ccc(C(O)CNCc2ccc(Br)cc2)cc1. The molecule has 0 aliphatic heterocycles. The lowest BCUT2D eigenvalue weighted by molar-refractivity contribution is -0.384. The van der Waals surface area contributed by atoms with Crippen molar-refractivity contribution < 1.29 is 10.0 Å². The van der Waals surface area contributed by atoms with Crippen molar-refractivity contribution in [2.24, 2.45) is 0 Å². The van der Waals surface area contributed by atoms with E-state index in [9.17, 15) is 15.2 Å². The third-order valence-corrected chi connectivity index (χ3v) is 3.60. The first kappa shape index (κ1) is 15.6. The van der Waals surface area contributed by atoms with Gasteiger partial charge in [0, 0.05) is 29.7 Å². The predicted molar refractivity (Wildman–Crippen MR) is 83.9 cm³/mol. The first-order valence-electron chi connectivity index (χ1n) is 6.44. The van der Waals surface area contributed by atoms with Crippen LogP contribution >= 0.6 is 15.9 Å². The van der Waals surface area contributed by atoms with Crippen molar-refractivity contribution >= 4 is 21.6 Å². The molecule has 0 bridgehead atoms. The van der Waals surface area contributed by atoms with Crippen LogP contribution in [0.25, 0.3) is 0 Å². The van der Waals surface area contributed by atoms with Crippen LogP contribution in [0.5, 0.6) is 0 Å². The number of non-ortho nitro benzene ring substituents is 1. The van der Waals surface area contributed by atoms with Gasteiger partial charge in [-0.05, 0) is 35.4 Å². The second-order valence-electron chi connectivity index (χ2n) is 4.62. The zero-order valence-corrected chi connectivity index (χ0v) is 12.8. The molecule has 0 saturated heterocycles. The Balaban J connectivity index is 1.85. The Bertz CT molecular complexity index is 599. The Kier molecular flexibility index (Phi) is 5.44. The standard InChI is InChI=1S/C15H15BrN2O3/c16-13-5-1-11(2-6-13)9-17-10-15(19)12-3-7-14(8-4-12)18(20)21/h1-8,15,17,19H,9-10H2. The number of hydrogen-bond donors (Lipinski definition) is 2. The fraction of sp³-hybridized carbons (Fsp3) is 0.200. The Hall–Kier alpha value is -1.76. The highest BCUT2D eigenvalue weighted by atomic mass is 79.9. The average Bonchev–Trinajstić information content (AvgIpc) is 2.49. The summed E-state index contributed by atoms with van der Waals surface area (Å²) in [6.45, 7) is 1.03. The topological polar surface area (TPSA) is 75.4 Å². The quantitative estimate of drug-likeness (QED) is 0.619. The minimum absolute atomic E-state index is 0.0220. The Labute approximate surface area is 130 Å².